The number of aliphatic hydroxyl groups excluding tert-OH is 1. The van der Waals surface area contributed by atoms with Crippen LogP contribution in [0.15, 0.2) is 75.6 Å². The largest absolute Gasteiger partial charge is 0.394 e. The van der Waals surface area contributed by atoms with Gasteiger partial charge in [-0.15, -0.1) is 0 Å². The van der Waals surface area contributed by atoms with Crippen LogP contribution in [0.4, 0.5) is 11.6 Å². The number of sulfone groups is 1. The molecule has 1 atom stereocenters. The van der Waals surface area contributed by atoms with E-state index in [0.29, 0.717) is 16.7 Å². The number of thioether (sulfide) groups is 1. The molecule has 176 valence electrons. The maximum absolute atomic E-state index is 13.0. The van der Waals surface area contributed by atoms with Crippen molar-refractivity contribution in [2.75, 3.05) is 22.9 Å². The van der Waals surface area contributed by atoms with Gasteiger partial charge in [-0.25, -0.2) is 26.8 Å². The van der Waals surface area contributed by atoms with Crippen molar-refractivity contribution in [3.05, 3.63) is 66.2 Å². The van der Waals surface area contributed by atoms with Gasteiger partial charge < -0.3 is 10.4 Å². The zero-order valence-corrected chi connectivity index (χ0v) is 20.4. The van der Waals surface area contributed by atoms with Crippen molar-refractivity contribution in [3.63, 3.8) is 0 Å². The molecule has 3 N–H and O–H groups in total. The molecule has 33 heavy (non-hydrogen) atoms. The highest BCUT2D eigenvalue weighted by molar-refractivity contribution is 7.98. The molecule has 3 aromatic rings. The lowest BCUT2D eigenvalue weighted by Crippen LogP contribution is -2.21. The van der Waals surface area contributed by atoms with Crippen molar-refractivity contribution in [2.24, 2.45) is 0 Å². The molecule has 2 aromatic carbocycles. The Morgan fingerprint density at radius 1 is 0.939 bits per heavy atom. The molecule has 0 unspecified atom stereocenters. The number of aliphatic hydroxyl groups is 1. The Labute approximate surface area is 197 Å². The van der Waals surface area contributed by atoms with Crippen LogP contribution in [0.5, 0.6) is 0 Å². The Bertz CT molecular complexity index is 1320. The number of hydrogen-bond donors (Lipinski definition) is 3. The molecule has 0 saturated heterocycles. The lowest BCUT2D eigenvalue weighted by atomic mass is 10.2. The Morgan fingerprint density at radius 2 is 1.55 bits per heavy atom. The molecule has 12 heteroatoms. The first-order chi connectivity index (χ1) is 15.6. The molecule has 3 rings (SSSR count). The number of nitrogens with zero attached hydrogens (tertiary/aromatic N) is 2. The predicted molar refractivity (Wildman–Crippen MR) is 129 cm³/mol. The van der Waals surface area contributed by atoms with E-state index in [-0.39, 0.29) is 28.3 Å². The molecule has 0 saturated carbocycles. The number of benzene rings is 2. The summed E-state index contributed by atoms with van der Waals surface area (Å²) in [6, 6.07) is 16.1. The second-order valence-corrected chi connectivity index (χ2v) is 11.8. The van der Waals surface area contributed by atoms with Crippen LogP contribution in [0.3, 0.4) is 0 Å². The molecule has 0 fully saturated rings. The van der Waals surface area contributed by atoms with Gasteiger partial charge in [0.25, 0.3) is 10.0 Å². The van der Waals surface area contributed by atoms with E-state index in [2.05, 4.69) is 20.0 Å². The minimum absolute atomic E-state index is 0.0310. The van der Waals surface area contributed by atoms with Gasteiger partial charge in [-0.2, -0.15) is 0 Å². The van der Waals surface area contributed by atoms with E-state index in [9.17, 15) is 21.9 Å². The van der Waals surface area contributed by atoms with Crippen molar-refractivity contribution in [1.82, 2.24) is 9.97 Å². The fraction of sp³-hybridized carbons (Fsp3) is 0.238. The van der Waals surface area contributed by atoms with E-state index in [1.165, 1.54) is 42.1 Å². The summed E-state index contributed by atoms with van der Waals surface area (Å²) in [5, 5.41) is 12.6. The van der Waals surface area contributed by atoms with E-state index < -0.39 is 19.9 Å². The molecule has 9 nitrogen and oxygen atoms in total. The van der Waals surface area contributed by atoms with Crippen LogP contribution >= 0.6 is 11.8 Å². The Balaban J connectivity index is 1.95. The average Bonchev–Trinajstić information content (AvgIpc) is 2.77. The van der Waals surface area contributed by atoms with Gasteiger partial charge in [0.1, 0.15) is 16.5 Å². The molecular weight excluding hydrogens is 484 g/mol. The number of aromatic nitrogens is 2. The first-order valence-corrected chi connectivity index (χ1v) is 14.2. The Hall–Kier alpha value is -2.67. The minimum atomic E-state index is -4.27. The van der Waals surface area contributed by atoms with Gasteiger partial charge in [0.15, 0.2) is 15.0 Å². The summed E-state index contributed by atoms with van der Waals surface area (Å²) in [4.78, 5) is 8.01. The van der Waals surface area contributed by atoms with Crippen LogP contribution in [0.2, 0.25) is 0 Å². The average molecular weight is 509 g/mol. The van der Waals surface area contributed by atoms with Crippen molar-refractivity contribution >= 4 is 43.3 Å². The fourth-order valence-corrected chi connectivity index (χ4v) is 6.24. The SMILES string of the molecule is C[C@H](CO)Nc1cc(NS(=O)(=O)c2ccccc2S(C)(=O)=O)nc(SCc2ccccc2)n1. The molecule has 1 heterocycles. The summed E-state index contributed by atoms with van der Waals surface area (Å²) in [5.41, 5.74) is 1.04. The van der Waals surface area contributed by atoms with E-state index in [1.807, 2.05) is 30.3 Å². The first-order valence-electron chi connectivity index (χ1n) is 9.83. The van der Waals surface area contributed by atoms with Crippen molar-refractivity contribution < 1.29 is 21.9 Å². The van der Waals surface area contributed by atoms with Crippen molar-refractivity contribution in [2.45, 2.75) is 33.7 Å². The van der Waals surface area contributed by atoms with Gasteiger partial charge in [-0.3, -0.25) is 4.72 Å². The summed E-state index contributed by atoms with van der Waals surface area (Å²) in [6.45, 7) is 1.59. The highest BCUT2D eigenvalue weighted by Gasteiger charge is 2.24. The summed E-state index contributed by atoms with van der Waals surface area (Å²) in [7, 11) is -8.05. The van der Waals surface area contributed by atoms with Gasteiger partial charge in [0, 0.05) is 24.1 Å². The zero-order chi connectivity index (χ0) is 24.1. The van der Waals surface area contributed by atoms with Crippen LogP contribution in [-0.2, 0) is 25.6 Å². The highest BCUT2D eigenvalue weighted by atomic mass is 32.2. The summed E-state index contributed by atoms with van der Waals surface area (Å²) in [6.07, 6.45) is 0.947. The van der Waals surface area contributed by atoms with Crippen molar-refractivity contribution in [3.8, 4) is 0 Å². The number of anilines is 2. The summed E-state index contributed by atoms with van der Waals surface area (Å²) >= 11 is 1.31. The van der Waals surface area contributed by atoms with Crippen LogP contribution in [-0.4, -0.2) is 50.8 Å². The smallest absolute Gasteiger partial charge is 0.264 e. The van der Waals surface area contributed by atoms with Gasteiger partial charge in [-0.05, 0) is 24.6 Å². The topological polar surface area (TPSA) is 138 Å². The number of hydrogen-bond acceptors (Lipinski definition) is 9. The molecule has 0 radical (unpaired) electrons. The molecule has 0 aliphatic carbocycles. The van der Waals surface area contributed by atoms with Crippen LogP contribution in [0, 0.1) is 0 Å². The Morgan fingerprint density at radius 3 is 2.18 bits per heavy atom. The van der Waals surface area contributed by atoms with Gasteiger partial charge in [-0.1, -0.05) is 54.2 Å². The third-order valence-electron chi connectivity index (χ3n) is 4.36. The van der Waals surface area contributed by atoms with E-state index >= 15 is 0 Å². The van der Waals surface area contributed by atoms with Gasteiger partial charge >= 0.3 is 0 Å². The highest BCUT2D eigenvalue weighted by Crippen LogP contribution is 2.26. The lowest BCUT2D eigenvalue weighted by Gasteiger charge is -2.15. The second kappa shape index (κ2) is 10.5. The monoisotopic (exact) mass is 508 g/mol. The van der Waals surface area contributed by atoms with Gasteiger partial charge in [0.05, 0.1) is 11.5 Å². The van der Waals surface area contributed by atoms with E-state index in [4.69, 9.17) is 0 Å². The number of nitrogens with one attached hydrogen (secondary N) is 2. The number of sulfonamides is 1. The molecule has 0 aliphatic rings. The maximum Gasteiger partial charge on any atom is 0.264 e. The van der Waals surface area contributed by atoms with Crippen molar-refractivity contribution in [1.29, 1.82) is 0 Å². The third kappa shape index (κ3) is 6.90. The molecule has 0 aliphatic heterocycles. The summed E-state index contributed by atoms with van der Waals surface area (Å²) in [5.74, 6) is 0.843. The standard InChI is InChI=1S/C21H24N4O5S3/c1-15(13-26)22-19-12-20(24-21(23-19)31-14-16-8-4-3-5-9-16)25-33(29,30)18-11-7-6-10-17(18)32(2,27)28/h3-12,15,26H,13-14H2,1-2H3,(H2,22,23,24,25)/t15-/m1/s1. The molecule has 1 aromatic heterocycles. The van der Waals surface area contributed by atoms with Crippen LogP contribution in [0.1, 0.15) is 12.5 Å². The zero-order valence-electron chi connectivity index (χ0n) is 18.0. The third-order valence-corrected chi connectivity index (χ3v) is 7.98. The van der Waals surface area contributed by atoms with Gasteiger partial charge in [0.2, 0.25) is 0 Å². The fourth-order valence-electron chi connectivity index (χ4n) is 2.81. The molecule has 0 amide bonds. The van der Waals surface area contributed by atoms with Crippen LogP contribution in [0.25, 0.3) is 0 Å². The van der Waals surface area contributed by atoms with E-state index in [1.54, 1.807) is 6.92 Å². The van der Waals surface area contributed by atoms with Crippen LogP contribution < -0.4 is 10.0 Å². The lowest BCUT2D eigenvalue weighted by molar-refractivity contribution is 0.281. The molecular formula is C21H24N4O5S3. The minimum Gasteiger partial charge on any atom is -0.394 e. The number of rotatable bonds is 10. The summed E-state index contributed by atoms with van der Waals surface area (Å²) < 4.78 is 52.6. The first kappa shape index (κ1) is 25.0. The maximum atomic E-state index is 13.0. The molecule has 0 spiro atoms. The Kier molecular flexibility index (Phi) is 7.95. The molecule has 0 bridgehead atoms. The van der Waals surface area contributed by atoms with E-state index in [0.717, 1.165) is 11.8 Å². The quantitative estimate of drug-likeness (QED) is 0.279. The second-order valence-electron chi connectivity index (χ2n) is 7.25. The predicted octanol–water partition coefficient (Wildman–Crippen LogP) is 2.77. The normalized spacial score (nSPS) is 12.8.